The molecule has 0 saturated heterocycles. The molecule has 17 heavy (non-hydrogen) atoms. The van der Waals surface area contributed by atoms with Crippen LogP contribution in [0.5, 0.6) is 0 Å². The van der Waals surface area contributed by atoms with E-state index in [4.69, 9.17) is 5.11 Å². The zero-order valence-corrected chi connectivity index (χ0v) is 10.1. The predicted molar refractivity (Wildman–Crippen MR) is 65.0 cm³/mol. The lowest BCUT2D eigenvalue weighted by Gasteiger charge is -2.13. The van der Waals surface area contributed by atoms with E-state index in [0.717, 1.165) is 5.56 Å². The minimum Gasteiger partial charge on any atom is -0.480 e. The molecule has 1 aromatic rings. The number of aryl methyl sites for hydroxylation is 1. The van der Waals surface area contributed by atoms with Crippen molar-refractivity contribution in [3.05, 3.63) is 35.4 Å². The number of nitrogens with one attached hydrogen (secondary N) is 1. The summed E-state index contributed by atoms with van der Waals surface area (Å²) in [5.41, 5.74) is 1.54. The Morgan fingerprint density at radius 1 is 1.29 bits per heavy atom. The molecule has 0 bridgehead atoms. The van der Waals surface area contributed by atoms with E-state index < -0.39 is 12.0 Å². The van der Waals surface area contributed by atoms with Gasteiger partial charge in [0.25, 0.3) is 5.91 Å². The van der Waals surface area contributed by atoms with Gasteiger partial charge in [0.1, 0.15) is 6.04 Å². The van der Waals surface area contributed by atoms with Crippen LogP contribution in [-0.2, 0) is 4.79 Å². The number of carbonyl (C=O) groups excluding carboxylic acids is 1. The van der Waals surface area contributed by atoms with Gasteiger partial charge in [0.15, 0.2) is 0 Å². The Kier molecular flexibility index (Phi) is 4.69. The van der Waals surface area contributed by atoms with Crippen molar-refractivity contribution >= 4 is 11.9 Å². The first-order valence-corrected chi connectivity index (χ1v) is 5.65. The molecule has 0 aliphatic carbocycles. The largest absolute Gasteiger partial charge is 0.480 e. The maximum absolute atomic E-state index is 11.8. The second kappa shape index (κ2) is 6.03. The van der Waals surface area contributed by atoms with Crippen molar-refractivity contribution in [2.45, 2.75) is 32.7 Å². The van der Waals surface area contributed by atoms with E-state index in [0.29, 0.717) is 18.4 Å². The van der Waals surface area contributed by atoms with Crippen LogP contribution in [0.3, 0.4) is 0 Å². The zero-order valence-electron chi connectivity index (χ0n) is 10.1. The maximum Gasteiger partial charge on any atom is 0.326 e. The fourth-order valence-electron chi connectivity index (χ4n) is 1.49. The number of hydrogen-bond donors (Lipinski definition) is 2. The lowest BCUT2D eigenvalue weighted by molar-refractivity contribution is -0.139. The van der Waals surface area contributed by atoms with Crippen molar-refractivity contribution in [3.8, 4) is 0 Å². The van der Waals surface area contributed by atoms with Gasteiger partial charge in [-0.15, -0.1) is 0 Å². The van der Waals surface area contributed by atoms with E-state index in [-0.39, 0.29) is 5.91 Å². The first kappa shape index (κ1) is 13.2. The molecule has 0 aliphatic rings. The second-order valence-corrected chi connectivity index (χ2v) is 4.02. The van der Waals surface area contributed by atoms with Crippen LogP contribution in [0.2, 0.25) is 0 Å². The predicted octanol–water partition coefficient (Wildman–Crippen LogP) is 1.98. The van der Waals surface area contributed by atoms with Crippen LogP contribution in [0.1, 0.15) is 35.7 Å². The summed E-state index contributed by atoms with van der Waals surface area (Å²) < 4.78 is 0. The molecule has 0 aromatic heterocycles. The van der Waals surface area contributed by atoms with Gasteiger partial charge in [0.05, 0.1) is 0 Å². The highest BCUT2D eigenvalue weighted by Crippen LogP contribution is 2.05. The van der Waals surface area contributed by atoms with E-state index in [1.165, 1.54) is 0 Å². The lowest BCUT2D eigenvalue weighted by atomic mass is 10.1. The van der Waals surface area contributed by atoms with Gasteiger partial charge in [0.2, 0.25) is 0 Å². The molecule has 4 heteroatoms. The van der Waals surface area contributed by atoms with E-state index in [9.17, 15) is 9.59 Å². The molecule has 0 aliphatic heterocycles. The minimum atomic E-state index is -0.993. The van der Waals surface area contributed by atoms with Crippen LogP contribution >= 0.6 is 0 Å². The number of carboxylic acid groups (broad SMARTS) is 1. The average molecular weight is 235 g/mol. The van der Waals surface area contributed by atoms with E-state index >= 15 is 0 Å². The Balaban J connectivity index is 2.70. The van der Waals surface area contributed by atoms with Gasteiger partial charge in [-0.2, -0.15) is 0 Å². The smallest absolute Gasteiger partial charge is 0.326 e. The van der Waals surface area contributed by atoms with Crippen LogP contribution < -0.4 is 5.32 Å². The van der Waals surface area contributed by atoms with Crippen molar-refractivity contribution in [2.75, 3.05) is 0 Å². The molecule has 0 spiro atoms. The number of aliphatic carboxylic acids is 1. The van der Waals surface area contributed by atoms with Crippen LogP contribution in [0.15, 0.2) is 24.3 Å². The third kappa shape index (κ3) is 3.90. The Morgan fingerprint density at radius 2 is 1.88 bits per heavy atom. The van der Waals surface area contributed by atoms with E-state index in [1.807, 2.05) is 26.0 Å². The van der Waals surface area contributed by atoms with Gasteiger partial charge in [-0.1, -0.05) is 31.0 Å². The topological polar surface area (TPSA) is 66.4 Å². The highest BCUT2D eigenvalue weighted by atomic mass is 16.4. The summed E-state index contributed by atoms with van der Waals surface area (Å²) in [6, 6.07) is 6.22. The summed E-state index contributed by atoms with van der Waals surface area (Å²) in [7, 11) is 0. The summed E-state index contributed by atoms with van der Waals surface area (Å²) >= 11 is 0. The SMILES string of the molecule is CCCC(NC(=O)c1ccc(C)cc1)C(=O)O. The summed E-state index contributed by atoms with van der Waals surface area (Å²) in [5.74, 6) is -1.34. The van der Waals surface area contributed by atoms with Crippen LogP contribution in [0, 0.1) is 6.92 Å². The highest BCUT2D eigenvalue weighted by Gasteiger charge is 2.19. The van der Waals surface area contributed by atoms with Gasteiger partial charge in [-0.25, -0.2) is 4.79 Å². The normalized spacial score (nSPS) is 11.9. The Hall–Kier alpha value is -1.84. The van der Waals surface area contributed by atoms with Crippen molar-refractivity contribution in [3.63, 3.8) is 0 Å². The van der Waals surface area contributed by atoms with Gasteiger partial charge in [0, 0.05) is 5.56 Å². The van der Waals surface area contributed by atoms with Crippen LogP contribution in [0.25, 0.3) is 0 Å². The van der Waals surface area contributed by atoms with Crippen molar-refractivity contribution < 1.29 is 14.7 Å². The third-order valence-corrected chi connectivity index (χ3v) is 2.49. The molecule has 0 heterocycles. The van der Waals surface area contributed by atoms with Crippen LogP contribution in [0.4, 0.5) is 0 Å². The number of hydrogen-bond acceptors (Lipinski definition) is 2. The van der Waals surface area contributed by atoms with Crippen LogP contribution in [-0.4, -0.2) is 23.0 Å². The summed E-state index contributed by atoms with van der Waals surface area (Å²) in [5, 5.41) is 11.4. The standard InChI is InChI=1S/C13H17NO3/c1-3-4-11(13(16)17)14-12(15)10-7-5-9(2)6-8-10/h5-8,11H,3-4H2,1-2H3,(H,14,15)(H,16,17). The third-order valence-electron chi connectivity index (χ3n) is 2.49. The number of carboxylic acids is 1. The molecule has 92 valence electrons. The molecule has 4 nitrogen and oxygen atoms in total. The molecule has 0 fully saturated rings. The Morgan fingerprint density at radius 3 is 2.35 bits per heavy atom. The molecular formula is C13H17NO3. The fraction of sp³-hybridized carbons (Fsp3) is 0.385. The number of rotatable bonds is 5. The zero-order chi connectivity index (χ0) is 12.8. The first-order chi connectivity index (χ1) is 8.04. The molecular weight excluding hydrogens is 218 g/mol. The Labute approximate surface area is 101 Å². The summed E-state index contributed by atoms with van der Waals surface area (Å²) in [4.78, 5) is 22.7. The molecule has 0 radical (unpaired) electrons. The van der Waals surface area contributed by atoms with Crippen molar-refractivity contribution in [1.29, 1.82) is 0 Å². The lowest BCUT2D eigenvalue weighted by Crippen LogP contribution is -2.40. The summed E-state index contributed by atoms with van der Waals surface area (Å²) in [6.45, 7) is 3.81. The Bertz CT molecular complexity index is 398. The van der Waals surface area contributed by atoms with Gasteiger partial charge in [-0.3, -0.25) is 4.79 Å². The van der Waals surface area contributed by atoms with E-state index in [1.54, 1.807) is 12.1 Å². The monoisotopic (exact) mass is 235 g/mol. The molecule has 1 atom stereocenters. The van der Waals surface area contributed by atoms with E-state index in [2.05, 4.69) is 5.32 Å². The first-order valence-electron chi connectivity index (χ1n) is 5.65. The average Bonchev–Trinajstić information content (AvgIpc) is 2.29. The number of benzene rings is 1. The van der Waals surface area contributed by atoms with Gasteiger partial charge >= 0.3 is 5.97 Å². The van der Waals surface area contributed by atoms with Crippen molar-refractivity contribution in [2.24, 2.45) is 0 Å². The molecule has 1 unspecified atom stereocenters. The molecule has 0 saturated carbocycles. The summed E-state index contributed by atoms with van der Waals surface area (Å²) in [6.07, 6.45) is 1.15. The fourth-order valence-corrected chi connectivity index (χ4v) is 1.49. The molecule has 2 N–H and O–H groups in total. The quantitative estimate of drug-likeness (QED) is 0.820. The second-order valence-electron chi connectivity index (χ2n) is 4.02. The number of carbonyl (C=O) groups is 2. The molecule has 1 rings (SSSR count). The number of amides is 1. The highest BCUT2D eigenvalue weighted by molar-refractivity contribution is 5.96. The maximum atomic E-state index is 11.8. The van der Waals surface area contributed by atoms with Gasteiger partial charge in [-0.05, 0) is 25.5 Å². The van der Waals surface area contributed by atoms with Crippen molar-refractivity contribution in [1.82, 2.24) is 5.32 Å². The van der Waals surface area contributed by atoms with Gasteiger partial charge < -0.3 is 10.4 Å². The minimum absolute atomic E-state index is 0.342. The molecule has 1 aromatic carbocycles. The molecule has 1 amide bonds.